The molecule has 8 nitrogen and oxygen atoms in total. The molecule has 0 aromatic heterocycles. The van der Waals surface area contributed by atoms with Crippen molar-refractivity contribution in [2.24, 2.45) is 0 Å². The van der Waals surface area contributed by atoms with Crippen LogP contribution in [0.2, 0.25) is 0 Å². The van der Waals surface area contributed by atoms with Crippen LogP contribution in [0.5, 0.6) is 0 Å². The quantitative estimate of drug-likeness (QED) is 0.693. The Kier molecular flexibility index (Phi) is 9.30. The number of nitrogens with zero attached hydrogens (tertiary/aromatic N) is 1. The fourth-order valence-corrected chi connectivity index (χ4v) is 1.69. The van der Waals surface area contributed by atoms with Gasteiger partial charge in [-0.15, -0.1) is 0 Å². The van der Waals surface area contributed by atoms with Gasteiger partial charge in [0.15, 0.2) is 0 Å². The van der Waals surface area contributed by atoms with E-state index in [0.717, 1.165) is 0 Å². The summed E-state index contributed by atoms with van der Waals surface area (Å²) >= 11 is 0. The molecule has 0 aromatic carbocycles. The van der Waals surface area contributed by atoms with Crippen LogP contribution in [0.3, 0.4) is 0 Å². The minimum Gasteiger partial charge on any atom is -0.444 e. The van der Waals surface area contributed by atoms with E-state index in [0.29, 0.717) is 19.5 Å². The van der Waals surface area contributed by atoms with Crippen LogP contribution in [0.15, 0.2) is 0 Å². The average molecular weight is 359 g/mol. The molecule has 0 heterocycles. The molecule has 0 aromatic rings. The van der Waals surface area contributed by atoms with E-state index in [1.807, 2.05) is 20.8 Å². The van der Waals surface area contributed by atoms with Crippen LogP contribution in [-0.4, -0.2) is 60.4 Å². The summed E-state index contributed by atoms with van der Waals surface area (Å²) < 4.78 is 10.4. The SMILES string of the molecule is CCC(C)(C)OC(=O)NCCN(CCNC(=O)OC(C)(C)C)C(C)=O. The van der Waals surface area contributed by atoms with Crippen LogP contribution in [0, 0.1) is 0 Å². The van der Waals surface area contributed by atoms with Gasteiger partial charge in [-0.1, -0.05) is 6.92 Å². The zero-order valence-corrected chi connectivity index (χ0v) is 16.5. The van der Waals surface area contributed by atoms with Crippen LogP contribution in [0.1, 0.15) is 54.9 Å². The highest BCUT2D eigenvalue weighted by Gasteiger charge is 2.20. The number of nitrogens with one attached hydrogen (secondary N) is 2. The molecule has 0 fully saturated rings. The van der Waals surface area contributed by atoms with E-state index in [1.165, 1.54) is 11.8 Å². The van der Waals surface area contributed by atoms with Crippen LogP contribution in [0.25, 0.3) is 0 Å². The van der Waals surface area contributed by atoms with E-state index in [4.69, 9.17) is 9.47 Å². The van der Waals surface area contributed by atoms with Gasteiger partial charge in [-0.2, -0.15) is 0 Å². The van der Waals surface area contributed by atoms with E-state index in [1.54, 1.807) is 20.8 Å². The largest absolute Gasteiger partial charge is 0.444 e. The highest BCUT2D eigenvalue weighted by atomic mass is 16.6. The Morgan fingerprint density at radius 2 is 1.32 bits per heavy atom. The van der Waals surface area contributed by atoms with Gasteiger partial charge in [0.25, 0.3) is 0 Å². The van der Waals surface area contributed by atoms with Crippen molar-refractivity contribution in [1.82, 2.24) is 15.5 Å². The highest BCUT2D eigenvalue weighted by Crippen LogP contribution is 2.13. The molecule has 0 spiro atoms. The Morgan fingerprint density at radius 3 is 1.68 bits per heavy atom. The van der Waals surface area contributed by atoms with Crippen molar-refractivity contribution in [2.75, 3.05) is 26.2 Å². The molecule has 0 saturated heterocycles. The van der Waals surface area contributed by atoms with Gasteiger partial charge in [0, 0.05) is 33.1 Å². The molecule has 0 unspecified atom stereocenters. The standard InChI is InChI=1S/C17H33N3O5/c1-8-17(6,7)25-15(23)19-10-12-20(13(2)21)11-9-18-14(22)24-16(3,4)5/h8-12H2,1-7H3,(H,18,22)(H,19,23). The number of ether oxygens (including phenoxy) is 2. The Morgan fingerprint density at radius 1 is 0.880 bits per heavy atom. The summed E-state index contributed by atoms with van der Waals surface area (Å²) in [4.78, 5) is 36.4. The summed E-state index contributed by atoms with van der Waals surface area (Å²) in [6.45, 7) is 13.5. The smallest absolute Gasteiger partial charge is 0.407 e. The molecule has 0 radical (unpaired) electrons. The maximum atomic E-state index is 11.7. The van der Waals surface area contributed by atoms with Gasteiger partial charge in [-0.25, -0.2) is 9.59 Å². The minimum absolute atomic E-state index is 0.143. The van der Waals surface area contributed by atoms with Crippen molar-refractivity contribution in [3.63, 3.8) is 0 Å². The molecular formula is C17H33N3O5. The van der Waals surface area contributed by atoms with E-state index >= 15 is 0 Å². The summed E-state index contributed by atoms with van der Waals surface area (Å²) in [6.07, 6.45) is -0.335. The third-order valence-electron chi connectivity index (χ3n) is 3.37. The van der Waals surface area contributed by atoms with Gasteiger partial charge in [0.2, 0.25) is 5.91 Å². The molecule has 0 atom stereocenters. The second kappa shape index (κ2) is 10.1. The Labute approximate surface area is 150 Å². The monoisotopic (exact) mass is 359 g/mol. The molecule has 0 bridgehead atoms. The lowest BCUT2D eigenvalue weighted by molar-refractivity contribution is -0.128. The first kappa shape index (κ1) is 23.0. The lowest BCUT2D eigenvalue weighted by atomic mass is 10.1. The fraction of sp³-hybridized carbons (Fsp3) is 0.824. The van der Waals surface area contributed by atoms with E-state index < -0.39 is 23.4 Å². The zero-order valence-electron chi connectivity index (χ0n) is 16.5. The minimum atomic E-state index is -0.569. The predicted octanol–water partition coefficient (Wildman–Crippen LogP) is 2.27. The fourth-order valence-electron chi connectivity index (χ4n) is 1.69. The van der Waals surface area contributed by atoms with Crippen LogP contribution < -0.4 is 10.6 Å². The number of carbonyl (C=O) groups excluding carboxylic acids is 3. The molecule has 146 valence electrons. The summed E-state index contributed by atoms with van der Waals surface area (Å²) in [5.74, 6) is -0.143. The van der Waals surface area contributed by atoms with Gasteiger partial charge >= 0.3 is 12.2 Å². The summed E-state index contributed by atoms with van der Waals surface area (Å²) in [7, 11) is 0. The van der Waals surface area contributed by atoms with Crippen LogP contribution in [0.4, 0.5) is 9.59 Å². The lowest BCUT2D eigenvalue weighted by Crippen LogP contribution is -2.43. The molecule has 0 saturated carbocycles. The average Bonchev–Trinajstić information content (AvgIpc) is 2.43. The van der Waals surface area contributed by atoms with Crippen LogP contribution in [-0.2, 0) is 14.3 Å². The molecule has 2 N–H and O–H groups in total. The number of alkyl carbamates (subject to hydrolysis) is 2. The lowest BCUT2D eigenvalue weighted by Gasteiger charge is -2.25. The first-order valence-corrected chi connectivity index (χ1v) is 8.55. The van der Waals surface area contributed by atoms with Gasteiger partial charge in [0.05, 0.1) is 0 Å². The van der Waals surface area contributed by atoms with Crippen LogP contribution >= 0.6 is 0 Å². The molecule has 0 aliphatic heterocycles. The van der Waals surface area contributed by atoms with Crippen molar-refractivity contribution >= 4 is 18.1 Å². The summed E-state index contributed by atoms with van der Waals surface area (Å²) in [6, 6.07) is 0. The van der Waals surface area contributed by atoms with E-state index in [9.17, 15) is 14.4 Å². The van der Waals surface area contributed by atoms with Gasteiger partial charge in [-0.05, 0) is 41.0 Å². The molecule has 8 heteroatoms. The molecule has 0 aliphatic rings. The molecule has 25 heavy (non-hydrogen) atoms. The number of hydrogen-bond acceptors (Lipinski definition) is 5. The van der Waals surface area contributed by atoms with Gasteiger partial charge < -0.3 is 25.0 Å². The molecule has 0 aliphatic carbocycles. The predicted molar refractivity (Wildman–Crippen MR) is 95.3 cm³/mol. The number of hydrogen-bond donors (Lipinski definition) is 2. The van der Waals surface area contributed by atoms with Gasteiger partial charge in [0.1, 0.15) is 11.2 Å². The summed E-state index contributed by atoms with van der Waals surface area (Å²) in [5.41, 5.74) is -1.09. The Hall–Kier alpha value is -1.99. The van der Waals surface area contributed by atoms with Gasteiger partial charge in [-0.3, -0.25) is 4.79 Å². The number of rotatable bonds is 8. The highest BCUT2D eigenvalue weighted by molar-refractivity contribution is 5.73. The maximum Gasteiger partial charge on any atom is 0.407 e. The normalized spacial score (nSPS) is 11.5. The maximum absolute atomic E-state index is 11.7. The third-order valence-corrected chi connectivity index (χ3v) is 3.37. The third kappa shape index (κ3) is 12.1. The summed E-state index contributed by atoms with van der Waals surface area (Å²) in [5, 5.41) is 5.22. The number of carbonyl (C=O) groups is 3. The zero-order chi connectivity index (χ0) is 19.7. The van der Waals surface area contributed by atoms with E-state index in [2.05, 4.69) is 10.6 Å². The van der Waals surface area contributed by atoms with Crippen molar-refractivity contribution in [3.8, 4) is 0 Å². The van der Waals surface area contributed by atoms with Crippen molar-refractivity contribution in [3.05, 3.63) is 0 Å². The van der Waals surface area contributed by atoms with Crippen molar-refractivity contribution in [2.45, 2.75) is 66.1 Å². The second-order valence-electron chi connectivity index (χ2n) is 7.36. The van der Waals surface area contributed by atoms with Crippen molar-refractivity contribution < 1.29 is 23.9 Å². The molecular weight excluding hydrogens is 326 g/mol. The first-order valence-electron chi connectivity index (χ1n) is 8.55. The first-order chi connectivity index (χ1) is 11.4. The number of amides is 3. The van der Waals surface area contributed by atoms with E-state index in [-0.39, 0.29) is 19.0 Å². The Balaban J connectivity index is 4.17. The Bertz CT molecular complexity index is 458. The second-order valence-corrected chi connectivity index (χ2v) is 7.36. The van der Waals surface area contributed by atoms with Crippen molar-refractivity contribution in [1.29, 1.82) is 0 Å². The molecule has 0 rings (SSSR count). The topological polar surface area (TPSA) is 97.0 Å². The molecule has 3 amide bonds.